The van der Waals surface area contributed by atoms with Crippen molar-refractivity contribution < 1.29 is 14.7 Å². The topological polar surface area (TPSA) is 69.6 Å². The van der Waals surface area contributed by atoms with Crippen LogP contribution in [0.15, 0.2) is 24.3 Å². The van der Waals surface area contributed by atoms with Gasteiger partial charge in [-0.1, -0.05) is 6.07 Å². The predicted octanol–water partition coefficient (Wildman–Crippen LogP) is 0.776. The van der Waals surface area contributed by atoms with Crippen LogP contribution < -0.4 is 10.2 Å². The molecule has 0 saturated carbocycles. The minimum absolute atomic E-state index is 0.466. The van der Waals surface area contributed by atoms with E-state index in [0.29, 0.717) is 5.69 Å². The van der Waals surface area contributed by atoms with Crippen LogP contribution in [0.25, 0.3) is 0 Å². The Balaban J connectivity index is 2.82. The molecule has 5 heteroatoms. The summed E-state index contributed by atoms with van der Waals surface area (Å²) in [4.78, 5) is 23.0. The molecule has 15 heavy (non-hydrogen) atoms. The lowest BCUT2D eigenvalue weighted by atomic mass is 10.2. The Morgan fingerprint density at radius 2 is 2.00 bits per heavy atom. The zero-order chi connectivity index (χ0) is 11.4. The minimum atomic E-state index is -1.50. The summed E-state index contributed by atoms with van der Waals surface area (Å²) in [6.45, 7) is 0. The molecule has 0 aliphatic rings. The van der Waals surface area contributed by atoms with Gasteiger partial charge in [0.25, 0.3) is 0 Å². The molecular formula is C10H12N2O3. The number of nitrogens with zero attached hydrogens (tertiary/aromatic N) is 1. The van der Waals surface area contributed by atoms with Gasteiger partial charge in [-0.2, -0.15) is 0 Å². The highest BCUT2D eigenvalue weighted by Crippen LogP contribution is 2.16. The Morgan fingerprint density at radius 3 is 2.53 bits per heavy atom. The van der Waals surface area contributed by atoms with Crippen LogP contribution in [0.1, 0.15) is 0 Å². The van der Waals surface area contributed by atoms with Crippen molar-refractivity contribution in [1.82, 2.24) is 0 Å². The third-order valence-electron chi connectivity index (χ3n) is 1.81. The Kier molecular flexibility index (Phi) is 3.28. The lowest BCUT2D eigenvalue weighted by molar-refractivity contribution is -0.147. The smallest absolute Gasteiger partial charge is 0.394 e. The number of amides is 1. The van der Waals surface area contributed by atoms with Crippen LogP contribution in [0.4, 0.5) is 11.4 Å². The van der Waals surface area contributed by atoms with Gasteiger partial charge in [-0.05, 0) is 18.2 Å². The molecule has 0 bridgehead atoms. The predicted molar refractivity (Wildman–Crippen MR) is 57.0 cm³/mol. The molecule has 0 spiro atoms. The van der Waals surface area contributed by atoms with Gasteiger partial charge in [0.1, 0.15) is 0 Å². The summed E-state index contributed by atoms with van der Waals surface area (Å²) >= 11 is 0. The van der Waals surface area contributed by atoms with Crippen molar-refractivity contribution in [3.05, 3.63) is 24.3 Å². The van der Waals surface area contributed by atoms with Crippen molar-refractivity contribution in [3.63, 3.8) is 0 Å². The molecular weight excluding hydrogens is 196 g/mol. The Hall–Kier alpha value is -2.04. The monoisotopic (exact) mass is 208 g/mol. The number of rotatable bonds is 2. The van der Waals surface area contributed by atoms with Gasteiger partial charge < -0.3 is 15.3 Å². The van der Waals surface area contributed by atoms with Gasteiger partial charge in [0.2, 0.25) is 0 Å². The number of anilines is 2. The molecule has 0 aliphatic carbocycles. The minimum Gasteiger partial charge on any atom is -0.474 e. The highest BCUT2D eigenvalue weighted by molar-refractivity contribution is 6.36. The molecule has 0 aliphatic heterocycles. The van der Waals surface area contributed by atoms with E-state index >= 15 is 0 Å². The quantitative estimate of drug-likeness (QED) is 0.704. The summed E-state index contributed by atoms with van der Waals surface area (Å²) in [7, 11) is 3.72. The number of hydrogen-bond donors (Lipinski definition) is 2. The molecule has 5 nitrogen and oxygen atoms in total. The van der Waals surface area contributed by atoms with E-state index in [1.54, 1.807) is 18.2 Å². The van der Waals surface area contributed by atoms with Crippen LogP contribution in [0.2, 0.25) is 0 Å². The summed E-state index contributed by atoms with van der Waals surface area (Å²) in [5.74, 6) is -2.53. The molecule has 0 unspecified atom stereocenters. The average molecular weight is 208 g/mol. The van der Waals surface area contributed by atoms with Crippen LogP contribution in [-0.2, 0) is 9.59 Å². The fourth-order valence-corrected chi connectivity index (χ4v) is 1.05. The molecule has 1 aromatic carbocycles. The van der Waals surface area contributed by atoms with E-state index in [0.717, 1.165) is 5.69 Å². The third kappa shape index (κ3) is 2.98. The van der Waals surface area contributed by atoms with Gasteiger partial charge in [-0.3, -0.25) is 4.79 Å². The highest BCUT2D eigenvalue weighted by atomic mass is 16.4. The maximum atomic E-state index is 10.9. The van der Waals surface area contributed by atoms with E-state index in [1.807, 2.05) is 25.1 Å². The van der Waals surface area contributed by atoms with Gasteiger partial charge in [-0.25, -0.2) is 4.79 Å². The summed E-state index contributed by atoms with van der Waals surface area (Å²) < 4.78 is 0. The molecule has 0 heterocycles. The van der Waals surface area contributed by atoms with Gasteiger partial charge in [0.05, 0.1) is 0 Å². The second kappa shape index (κ2) is 4.45. The van der Waals surface area contributed by atoms with E-state index < -0.39 is 11.9 Å². The summed E-state index contributed by atoms with van der Waals surface area (Å²) in [6.07, 6.45) is 0. The lowest BCUT2D eigenvalue weighted by Gasteiger charge is -2.13. The number of carbonyl (C=O) groups excluding carboxylic acids is 1. The molecule has 2 N–H and O–H groups in total. The second-order valence-corrected chi connectivity index (χ2v) is 3.20. The fraction of sp³-hybridized carbons (Fsp3) is 0.200. The van der Waals surface area contributed by atoms with Crippen LogP contribution in [-0.4, -0.2) is 31.1 Å². The van der Waals surface area contributed by atoms with Crippen LogP contribution >= 0.6 is 0 Å². The van der Waals surface area contributed by atoms with E-state index in [9.17, 15) is 9.59 Å². The molecule has 1 rings (SSSR count). The zero-order valence-electron chi connectivity index (χ0n) is 8.52. The number of carboxylic acid groups (broad SMARTS) is 1. The maximum Gasteiger partial charge on any atom is 0.394 e. The summed E-state index contributed by atoms with van der Waals surface area (Å²) in [6, 6.07) is 6.93. The molecule has 0 atom stereocenters. The highest BCUT2D eigenvalue weighted by Gasteiger charge is 2.10. The first-order valence-electron chi connectivity index (χ1n) is 4.32. The maximum absolute atomic E-state index is 10.9. The van der Waals surface area contributed by atoms with Crippen LogP contribution in [0.3, 0.4) is 0 Å². The first-order chi connectivity index (χ1) is 7.00. The van der Waals surface area contributed by atoms with Gasteiger partial charge >= 0.3 is 11.9 Å². The second-order valence-electron chi connectivity index (χ2n) is 3.20. The first kappa shape index (κ1) is 11.0. The number of carboxylic acids is 1. The normalized spacial score (nSPS) is 9.47. The van der Waals surface area contributed by atoms with Gasteiger partial charge in [-0.15, -0.1) is 0 Å². The Bertz CT molecular complexity index is 388. The summed E-state index contributed by atoms with van der Waals surface area (Å²) in [5.41, 5.74) is 1.35. The third-order valence-corrected chi connectivity index (χ3v) is 1.81. The van der Waals surface area contributed by atoms with Gasteiger partial charge in [0, 0.05) is 25.5 Å². The van der Waals surface area contributed by atoms with Crippen molar-refractivity contribution in [1.29, 1.82) is 0 Å². The molecule has 1 amide bonds. The van der Waals surface area contributed by atoms with Crippen molar-refractivity contribution in [2.75, 3.05) is 24.3 Å². The van der Waals surface area contributed by atoms with Crippen LogP contribution in [0.5, 0.6) is 0 Å². The van der Waals surface area contributed by atoms with Crippen LogP contribution in [0, 0.1) is 0 Å². The number of carbonyl (C=O) groups is 2. The van der Waals surface area contributed by atoms with Crippen molar-refractivity contribution in [2.45, 2.75) is 0 Å². The summed E-state index contributed by atoms with van der Waals surface area (Å²) in [5, 5.41) is 10.7. The molecule has 0 saturated heterocycles. The zero-order valence-corrected chi connectivity index (χ0v) is 8.52. The largest absolute Gasteiger partial charge is 0.474 e. The number of hydrogen-bond acceptors (Lipinski definition) is 3. The fourth-order valence-electron chi connectivity index (χ4n) is 1.05. The van der Waals surface area contributed by atoms with E-state index in [-0.39, 0.29) is 0 Å². The number of nitrogens with one attached hydrogen (secondary N) is 1. The lowest BCUT2D eigenvalue weighted by Crippen LogP contribution is -2.22. The van der Waals surface area contributed by atoms with E-state index in [4.69, 9.17) is 5.11 Å². The first-order valence-corrected chi connectivity index (χ1v) is 4.32. The van der Waals surface area contributed by atoms with E-state index in [2.05, 4.69) is 5.32 Å². The molecule has 80 valence electrons. The van der Waals surface area contributed by atoms with E-state index in [1.165, 1.54) is 0 Å². The van der Waals surface area contributed by atoms with Crippen molar-refractivity contribution >= 4 is 23.3 Å². The van der Waals surface area contributed by atoms with Gasteiger partial charge in [0.15, 0.2) is 0 Å². The van der Waals surface area contributed by atoms with Crippen molar-refractivity contribution in [3.8, 4) is 0 Å². The number of benzene rings is 1. The standard InChI is InChI=1S/C10H12N2O3/c1-12(2)8-5-3-4-7(6-8)11-9(13)10(14)15/h3-6H,1-2H3,(H,11,13)(H,14,15). The molecule has 1 aromatic rings. The molecule has 0 fully saturated rings. The molecule has 0 aromatic heterocycles. The average Bonchev–Trinajstić information content (AvgIpc) is 2.18. The SMILES string of the molecule is CN(C)c1cccc(NC(=O)C(=O)O)c1. The molecule has 0 radical (unpaired) electrons. The number of aliphatic carboxylic acids is 1. The van der Waals surface area contributed by atoms with Crippen molar-refractivity contribution in [2.24, 2.45) is 0 Å². The Morgan fingerprint density at radius 1 is 1.33 bits per heavy atom. The Labute approximate surface area is 87.3 Å².